The van der Waals surface area contributed by atoms with Gasteiger partial charge in [0, 0.05) is 6.54 Å². The summed E-state index contributed by atoms with van der Waals surface area (Å²) in [6.07, 6.45) is -4.03. The Labute approximate surface area is 83.5 Å². The molecule has 1 aliphatic rings. The maximum absolute atomic E-state index is 11.8. The molecule has 0 saturated heterocycles. The molecule has 0 aliphatic heterocycles. The number of carboxylic acid groups (broad SMARTS) is 1. The van der Waals surface area contributed by atoms with Crippen LogP contribution in [-0.2, 0) is 9.59 Å². The van der Waals surface area contributed by atoms with Gasteiger partial charge in [-0.25, -0.2) is 0 Å². The maximum Gasteiger partial charge on any atom is 0.471 e. The Morgan fingerprint density at radius 2 is 1.87 bits per heavy atom. The van der Waals surface area contributed by atoms with Crippen molar-refractivity contribution >= 4 is 11.9 Å². The first-order valence-corrected chi connectivity index (χ1v) is 4.32. The average Bonchev–Trinajstić information content (AvgIpc) is 2.78. The molecule has 1 saturated carbocycles. The lowest BCUT2D eigenvalue weighted by atomic mass is 10.0. The van der Waals surface area contributed by atoms with Crippen molar-refractivity contribution in [2.45, 2.75) is 25.4 Å². The van der Waals surface area contributed by atoms with E-state index < -0.39 is 23.5 Å². The van der Waals surface area contributed by atoms with Crippen LogP contribution in [-0.4, -0.2) is 29.7 Å². The lowest BCUT2D eigenvalue weighted by Gasteiger charge is -2.14. The zero-order chi connectivity index (χ0) is 11.7. The Morgan fingerprint density at radius 3 is 2.20 bits per heavy atom. The summed E-state index contributed by atoms with van der Waals surface area (Å²) in [5.74, 6) is -3.08. The quantitative estimate of drug-likeness (QED) is 0.747. The number of alkyl halides is 3. The molecule has 86 valence electrons. The number of carbonyl (C=O) groups is 2. The van der Waals surface area contributed by atoms with Gasteiger partial charge >= 0.3 is 18.1 Å². The third kappa shape index (κ3) is 3.41. The molecule has 1 amide bonds. The molecule has 1 fully saturated rings. The molecule has 0 aromatic rings. The zero-order valence-electron chi connectivity index (χ0n) is 7.73. The van der Waals surface area contributed by atoms with Crippen molar-refractivity contribution in [3.05, 3.63) is 0 Å². The number of hydrogen-bond acceptors (Lipinski definition) is 2. The Bertz CT molecular complexity index is 283. The normalized spacial score (nSPS) is 18.3. The third-order valence-corrected chi connectivity index (χ3v) is 2.36. The molecule has 0 bridgehead atoms. The van der Waals surface area contributed by atoms with Crippen LogP contribution in [0, 0.1) is 5.41 Å². The highest BCUT2D eigenvalue weighted by Gasteiger charge is 2.46. The topological polar surface area (TPSA) is 66.4 Å². The molecule has 2 N–H and O–H groups in total. The number of carboxylic acids is 1. The molecular weight excluding hydrogens is 215 g/mol. The van der Waals surface area contributed by atoms with Crippen molar-refractivity contribution in [1.82, 2.24) is 5.32 Å². The van der Waals surface area contributed by atoms with Gasteiger partial charge in [0.25, 0.3) is 0 Å². The highest BCUT2D eigenvalue weighted by molar-refractivity contribution is 5.81. The molecule has 15 heavy (non-hydrogen) atoms. The van der Waals surface area contributed by atoms with Gasteiger partial charge in [0.15, 0.2) is 0 Å². The largest absolute Gasteiger partial charge is 0.481 e. The van der Waals surface area contributed by atoms with E-state index in [0.29, 0.717) is 12.8 Å². The standard InChI is InChI=1S/C8H10F3NO3/c9-8(10,11)6(15)12-4-7(1-2-7)3-5(13)14/h1-4H2,(H,12,15)(H,13,14). The van der Waals surface area contributed by atoms with Gasteiger partial charge < -0.3 is 10.4 Å². The number of amides is 1. The van der Waals surface area contributed by atoms with E-state index in [4.69, 9.17) is 5.11 Å². The minimum Gasteiger partial charge on any atom is -0.481 e. The molecule has 0 heterocycles. The Kier molecular flexibility index (Phi) is 2.92. The second-order valence-electron chi connectivity index (χ2n) is 3.75. The van der Waals surface area contributed by atoms with Gasteiger partial charge in [-0.1, -0.05) is 0 Å². The van der Waals surface area contributed by atoms with E-state index >= 15 is 0 Å². The maximum atomic E-state index is 11.8. The molecule has 0 unspecified atom stereocenters. The molecule has 0 aromatic heterocycles. The number of aliphatic carboxylic acids is 1. The molecule has 0 atom stereocenters. The van der Waals surface area contributed by atoms with E-state index in [2.05, 4.69) is 0 Å². The lowest BCUT2D eigenvalue weighted by molar-refractivity contribution is -0.173. The van der Waals surface area contributed by atoms with Crippen molar-refractivity contribution in [2.75, 3.05) is 6.54 Å². The monoisotopic (exact) mass is 225 g/mol. The van der Waals surface area contributed by atoms with Crippen LogP contribution in [0.4, 0.5) is 13.2 Å². The minimum atomic E-state index is -4.90. The van der Waals surface area contributed by atoms with Crippen molar-refractivity contribution in [3.8, 4) is 0 Å². The summed E-state index contributed by atoms with van der Waals surface area (Å²) >= 11 is 0. The first-order valence-electron chi connectivity index (χ1n) is 4.32. The fraction of sp³-hybridized carbons (Fsp3) is 0.750. The summed E-state index contributed by atoms with van der Waals surface area (Å²) in [6, 6.07) is 0. The SMILES string of the molecule is O=C(O)CC1(CNC(=O)C(F)(F)F)CC1. The summed E-state index contributed by atoms with van der Waals surface area (Å²) < 4.78 is 35.3. The summed E-state index contributed by atoms with van der Waals surface area (Å²) in [6.45, 7) is -0.225. The Balaban J connectivity index is 2.38. The second-order valence-corrected chi connectivity index (χ2v) is 3.75. The Morgan fingerprint density at radius 1 is 1.33 bits per heavy atom. The van der Waals surface area contributed by atoms with Crippen LogP contribution >= 0.6 is 0 Å². The van der Waals surface area contributed by atoms with Crippen LogP contribution < -0.4 is 5.32 Å². The van der Waals surface area contributed by atoms with Gasteiger partial charge in [0.2, 0.25) is 0 Å². The highest BCUT2D eigenvalue weighted by Crippen LogP contribution is 2.48. The number of hydrogen-bond donors (Lipinski definition) is 2. The van der Waals surface area contributed by atoms with Gasteiger partial charge in [0.05, 0.1) is 6.42 Å². The number of rotatable bonds is 4. The fourth-order valence-corrected chi connectivity index (χ4v) is 1.28. The predicted molar refractivity (Wildman–Crippen MR) is 43.0 cm³/mol. The lowest BCUT2D eigenvalue weighted by Crippen LogP contribution is -2.40. The molecule has 0 radical (unpaired) electrons. The van der Waals surface area contributed by atoms with E-state index in [1.807, 2.05) is 0 Å². The molecule has 1 aliphatic carbocycles. The van der Waals surface area contributed by atoms with Crippen LogP contribution in [0.3, 0.4) is 0 Å². The zero-order valence-corrected chi connectivity index (χ0v) is 7.73. The molecule has 0 spiro atoms. The van der Waals surface area contributed by atoms with E-state index in [0.717, 1.165) is 0 Å². The number of halogens is 3. The first-order chi connectivity index (χ1) is 6.75. The fourth-order valence-electron chi connectivity index (χ4n) is 1.28. The van der Waals surface area contributed by atoms with Crippen molar-refractivity contribution in [3.63, 3.8) is 0 Å². The van der Waals surface area contributed by atoms with E-state index in [-0.39, 0.29) is 13.0 Å². The smallest absolute Gasteiger partial charge is 0.471 e. The number of nitrogens with one attached hydrogen (secondary N) is 1. The van der Waals surface area contributed by atoms with Crippen LogP contribution in [0.5, 0.6) is 0 Å². The average molecular weight is 225 g/mol. The van der Waals surface area contributed by atoms with E-state index in [9.17, 15) is 22.8 Å². The molecule has 0 aromatic carbocycles. The van der Waals surface area contributed by atoms with Crippen LogP contribution in [0.1, 0.15) is 19.3 Å². The van der Waals surface area contributed by atoms with E-state index in [1.54, 1.807) is 5.32 Å². The van der Waals surface area contributed by atoms with Crippen molar-refractivity contribution < 1.29 is 27.9 Å². The molecule has 4 nitrogen and oxygen atoms in total. The minimum absolute atomic E-state index is 0.203. The highest BCUT2D eigenvalue weighted by atomic mass is 19.4. The summed E-state index contributed by atoms with van der Waals surface area (Å²) in [7, 11) is 0. The molecule has 7 heteroatoms. The van der Waals surface area contributed by atoms with Crippen LogP contribution in [0.25, 0.3) is 0 Å². The molecular formula is C8H10F3NO3. The first kappa shape index (κ1) is 11.8. The number of carbonyl (C=O) groups excluding carboxylic acids is 1. The predicted octanol–water partition coefficient (Wildman–Crippen LogP) is 0.920. The van der Waals surface area contributed by atoms with Crippen molar-refractivity contribution in [2.24, 2.45) is 5.41 Å². The second kappa shape index (κ2) is 3.71. The third-order valence-electron chi connectivity index (χ3n) is 2.36. The summed E-state index contributed by atoms with van der Waals surface area (Å²) in [4.78, 5) is 20.8. The van der Waals surface area contributed by atoms with Gasteiger partial charge in [-0.15, -0.1) is 0 Å². The summed E-state index contributed by atoms with van der Waals surface area (Å²) in [5.41, 5.74) is -0.660. The van der Waals surface area contributed by atoms with Crippen LogP contribution in [0.2, 0.25) is 0 Å². The van der Waals surface area contributed by atoms with Crippen LogP contribution in [0.15, 0.2) is 0 Å². The molecule has 1 rings (SSSR count). The summed E-state index contributed by atoms with van der Waals surface area (Å²) in [5, 5.41) is 10.2. The van der Waals surface area contributed by atoms with Gasteiger partial charge in [-0.05, 0) is 18.3 Å². The van der Waals surface area contributed by atoms with E-state index in [1.165, 1.54) is 0 Å². The van der Waals surface area contributed by atoms with Gasteiger partial charge in [-0.2, -0.15) is 13.2 Å². The van der Waals surface area contributed by atoms with Gasteiger partial charge in [-0.3, -0.25) is 9.59 Å². The van der Waals surface area contributed by atoms with Crippen molar-refractivity contribution in [1.29, 1.82) is 0 Å². The van der Waals surface area contributed by atoms with Gasteiger partial charge in [0.1, 0.15) is 0 Å². The Hall–Kier alpha value is -1.27.